The summed E-state index contributed by atoms with van der Waals surface area (Å²) < 4.78 is 26.7. The number of hydrogen-bond donors (Lipinski definition) is 2. The Kier molecular flexibility index (Phi) is 6.51. The number of nitrogens with zero attached hydrogens (tertiary/aromatic N) is 1. The van der Waals surface area contributed by atoms with Crippen LogP contribution in [-0.4, -0.2) is 48.8 Å². The van der Waals surface area contributed by atoms with Crippen molar-refractivity contribution in [1.82, 2.24) is 9.62 Å². The van der Waals surface area contributed by atoms with E-state index in [1.165, 1.54) is 26.0 Å². The molecule has 122 valence electrons. The van der Waals surface area contributed by atoms with Crippen molar-refractivity contribution < 1.29 is 23.1 Å². The summed E-state index contributed by atoms with van der Waals surface area (Å²) in [6, 6.07) is 4.75. The first-order chi connectivity index (χ1) is 10.2. The molecule has 0 aliphatic heterocycles. The number of sulfonamides is 1. The topological polar surface area (TPSA) is 104 Å². The number of rotatable bonds is 7. The lowest BCUT2D eigenvalue weighted by Crippen LogP contribution is -2.46. The van der Waals surface area contributed by atoms with Gasteiger partial charge >= 0.3 is 5.97 Å². The van der Waals surface area contributed by atoms with Crippen LogP contribution in [0.4, 0.5) is 0 Å². The van der Waals surface area contributed by atoms with Gasteiger partial charge in [0.05, 0.1) is 4.90 Å². The van der Waals surface area contributed by atoms with Gasteiger partial charge in [-0.1, -0.05) is 22.0 Å². The average molecular weight is 393 g/mol. The Morgan fingerprint density at radius 2 is 2.05 bits per heavy atom. The summed E-state index contributed by atoms with van der Waals surface area (Å²) in [6.45, 7) is 2.47. The van der Waals surface area contributed by atoms with Gasteiger partial charge in [-0.3, -0.25) is 9.59 Å². The predicted octanol–water partition coefficient (Wildman–Crippen LogP) is 1.05. The van der Waals surface area contributed by atoms with Crippen molar-refractivity contribution in [3.63, 3.8) is 0 Å². The van der Waals surface area contributed by atoms with E-state index in [0.717, 1.165) is 4.31 Å². The lowest BCUT2D eigenvalue weighted by Gasteiger charge is -2.25. The van der Waals surface area contributed by atoms with Crippen LogP contribution in [0.2, 0.25) is 0 Å². The quantitative estimate of drug-likeness (QED) is 0.721. The second-order valence-electron chi connectivity index (χ2n) is 4.57. The molecule has 1 aromatic rings. The largest absolute Gasteiger partial charge is 0.480 e. The maximum absolute atomic E-state index is 12.6. The Balaban J connectivity index is 3.12. The molecule has 0 saturated heterocycles. The molecule has 0 fully saturated rings. The molecule has 0 radical (unpaired) electrons. The monoisotopic (exact) mass is 392 g/mol. The normalized spacial score (nSPS) is 12.9. The zero-order valence-corrected chi connectivity index (χ0v) is 14.5. The maximum atomic E-state index is 12.6. The zero-order chi connectivity index (χ0) is 16.9. The molecular weight excluding hydrogens is 376 g/mol. The highest BCUT2D eigenvalue weighted by Crippen LogP contribution is 2.21. The van der Waals surface area contributed by atoms with Gasteiger partial charge in [-0.05, 0) is 25.1 Å². The lowest BCUT2D eigenvalue weighted by molar-refractivity contribution is -0.140. The molecule has 1 rings (SSSR count). The Morgan fingerprint density at radius 1 is 1.41 bits per heavy atom. The van der Waals surface area contributed by atoms with Gasteiger partial charge in [0.15, 0.2) is 0 Å². The molecule has 7 nitrogen and oxygen atoms in total. The number of aliphatic carboxylic acids is 1. The summed E-state index contributed by atoms with van der Waals surface area (Å²) in [7, 11) is -3.99. The SMILES string of the molecule is CC(=O)NCCN(C(C)C(=O)O)S(=O)(=O)c1cccc(Br)c1. The molecule has 1 aromatic carbocycles. The average Bonchev–Trinajstić information content (AvgIpc) is 2.42. The minimum Gasteiger partial charge on any atom is -0.480 e. The molecule has 22 heavy (non-hydrogen) atoms. The van der Waals surface area contributed by atoms with Crippen molar-refractivity contribution >= 4 is 37.8 Å². The number of nitrogens with one attached hydrogen (secondary N) is 1. The first-order valence-corrected chi connectivity index (χ1v) is 8.64. The summed E-state index contributed by atoms with van der Waals surface area (Å²) in [5.74, 6) is -1.58. The predicted molar refractivity (Wildman–Crippen MR) is 83.8 cm³/mol. The van der Waals surface area contributed by atoms with Crippen molar-refractivity contribution in [2.24, 2.45) is 0 Å². The summed E-state index contributed by atoms with van der Waals surface area (Å²) in [5, 5.41) is 11.6. The number of carboxylic acids is 1. The minimum atomic E-state index is -3.99. The van der Waals surface area contributed by atoms with Crippen LogP contribution in [-0.2, 0) is 19.6 Å². The molecule has 1 atom stereocenters. The molecule has 1 amide bonds. The molecule has 0 saturated carbocycles. The first-order valence-electron chi connectivity index (χ1n) is 6.41. The maximum Gasteiger partial charge on any atom is 0.321 e. The summed E-state index contributed by atoms with van der Waals surface area (Å²) in [4.78, 5) is 22.1. The van der Waals surface area contributed by atoms with Gasteiger partial charge in [-0.15, -0.1) is 0 Å². The molecule has 0 aliphatic rings. The number of amides is 1. The van der Waals surface area contributed by atoms with Crippen LogP contribution < -0.4 is 5.32 Å². The fraction of sp³-hybridized carbons (Fsp3) is 0.385. The third-order valence-corrected chi connectivity index (χ3v) is 5.36. The van der Waals surface area contributed by atoms with E-state index in [1.54, 1.807) is 12.1 Å². The van der Waals surface area contributed by atoms with Crippen molar-refractivity contribution in [2.75, 3.05) is 13.1 Å². The third kappa shape index (κ3) is 4.79. The molecule has 0 heterocycles. The van der Waals surface area contributed by atoms with E-state index in [1.807, 2.05) is 0 Å². The fourth-order valence-electron chi connectivity index (χ4n) is 1.75. The van der Waals surface area contributed by atoms with Gasteiger partial charge in [0.2, 0.25) is 15.9 Å². The van der Waals surface area contributed by atoms with E-state index < -0.39 is 22.0 Å². The first kappa shape index (κ1) is 18.6. The molecule has 0 spiro atoms. The number of carboxylic acid groups (broad SMARTS) is 1. The summed E-state index contributed by atoms with van der Waals surface area (Å²) in [5.41, 5.74) is 0. The van der Waals surface area contributed by atoms with Crippen LogP contribution in [0.5, 0.6) is 0 Å². The van der Waals surface area contributed by atoms with Gasteiger partial charge in [-0.2, -0.15) is 4.31 Å². The van der Waals surface area contributed by atoms with Crippen LogP contribution in [0.1, 0.15) is 13.8 Å². The molecule has 9 heteroatoms. The van der Waals surface area contributed by atoms with Crippen molar-refractivity contribution in [3.05, 3.63) is 28.7 Å². The molecular formula is C13H17BrN2O5S. The Morgan fingerprint density at radius 3 is 2.55 bits per heavy atom. The van der Waals surface area contributed by atoms with E-state index in [4.69, 9.17) is 5.11 Å². The van der Waals surface area contributed by atoms with Crippen LogP contribution in [0.3, 0.4) is 0 Å². The number of hydrogen-bond acceptors (Lipinski definition) is 4. The van der Waals surface area contributed by atoms with E-state index >= 15 is 0 Å². The summed E-state index contributed by atoms with van der Waals surface area (Å²) >= 11 is 3.19. The molecule has 0 aliphatic carbocycles. The molecule has 1 unspecified atom stereocenters. The molecule has 2 N–H and O–H groups in total. The van der Waals surface area contributed by atoms with Crippen LogP contribution in [0.15, 0.2) is 33.6 Å². The van der Waals surface area contributed by atoms with Crippen LogP contribution in [0.25, 0.3) is 0 Å². The van der Waals surface area contributed by atoms with Crippen molar-refractivity contribution in [3.8, 4) is 0 Å². The Hall–Kier alpha value is -1.45. The fourth-order valence-corrected chi connectivity index (χ4v) is 3.94. The number of carbonyl (C=O) groups is 2. The molecule has 0 aromatic heterocycles. The Bertz CT molecular complexity index is 662. The van der Waals surface area contributed by atoms with Crippen LogP contribution in [0, 0.1) is 0 Å². The highest BCUT2D eigenvalue weighted by molar-refractivity contribution is 9.10. The van der Waals surface area contributed by atoms with Gasteiger partial charge in [0, 0.05) is 24.5 Å². The van der Waals surface area contributed by atoms with Crippen molar-refractivity contribution in [1.29, 1.82) is 0 Å². The van der Waals surface area contributed by atoms with Gasteiger partial charge in [0.1, 0.15) is 6.04 Å². The number of benzene rings is 1. The van der Waals surface area contributed by atoms with Gasteiger partial charge in [-0.25, -0.2) is 8.42 Å². The van der Waals surface area contributed by atoms with E-state index in [0.29, 0.717) is 4.47 Å². The lowest BCUT2D eigenvalue weighted by atomic mass is 10.3. The van der Waals surface area contributed by atoms with E-state index in [2.05, 4.69) is 21.2 Å². The Labute approximate surface area is 137 Å². The van der Waals surface area contributed by atoms with Crippen molar-refractivity contribution in [2.45, 2.75) is 24.8 Å². The second kappa shape index (κ2) is 7.70. The summed E-state index contributed by atoms with van der Waals surface area (Å²) in [6.07, 6.45) is 0. The van der Waals surface area contributed by atoms with E-state index in [-0.39, 0.29) is 23.9 Å². The van der Waals surface area contributed by atoms with E-state index in [9.17, 15) is 18.0 Å². The van der Waals surface area contributed by atoms with Gasteiger partial charge in [0.25, 0.3) is 0 Å². The zero-order valence-electron chi connectivity index (χ0n) is 12.1. The standard InChI is InChI=1S/C13H17BrN2O5S/c1-9(13(18)19)16(7-6-15-10(2)17)22(20,21)12-5-3-4-11(14)8-12/h3-5,8-9H,6-7H2,1-2H3,(H,15,17)(H,18,19). The minimum absolute atomic E-state index is 0.0159. The highest BCUT2D eigenvalue weighted by atomic mass is 79.9. The smallest absolute Gasteiger partial charge is 0.321 e. The number of halogens is 1. The second-order valence-corrected chi connectivity index (χ2v) is 7.38. The highest BCUT2D eigenvalue weighted by Gasteiger charge is 2.32. The third-order valence-electron chi connectivity index (χ3n) is 2.90. The number of carbonyl (C=O) groups excluding carboxylic acids is 1. The molecule has 0 bridgehead atoms. The van der Waals surface area contributed by atoms with Gasteiger partial charge < -0.3 is 10.4 Å². The van der Waals surface area contributed by atoms with Crippen LogP contribution >= 0.6 is 15.9 Å².